The third-order valence-electron chi connectivity index (χ3n) is 4.57. The molecule has 3 aromatic carbocycles. The van der Waals surface area contributed by atoms with Crippen molar-refractivity contribution >= 4 is 34.0 Å². The average Bonchev–Trinajstić information content (AvgIpc) is 3.13. The molecule has 0 bridgehead atoms. The molecule has 29 heavy (non-hydrogen) atoms. The topological polar surface area (TPSA) is 42.0 Å². The lowest BCUT2D eigenvalue weighted by atomic mass is 10.0. The minimum atomic E-state index is -0.229. The molecule has 5 heteroatoms. The number of aryl methyl sites for hydroxylation is 2. The van der Waals surface area contributed by atoms with Crippen molar-refractivity contribution in [3.63, 3.8) is 0 Å². The van der Waals surface area contributed by atoms with Crippen molar-refractivity contribution in [3.8, 4) is 21.7 Å². The molecule has 0 radical (unpaired) electrons. The summed E-state index contributed by atoms with van der Waals surface area (Å²) >= 11 is 7.48. The highest BCUT2D eigenvalue weighted by molar-refractivity contribution is 7.19. The van der Waals surface area contributed by atoms with Crippen LogP contribution < -0.4 is 5.32 Å². The summed E-state index contributed by atoms with van der Waals surface area (Å²) in [7, 11) is 0. The summed E-state index contributed by atoms with van der Waals surface area (Å²) in [6.07, 6.45) is 0. The predicted molar refractivity (Wildman–Crippen MR) is 122 cm³/mol. The number of halogens is 1. The normalized spacial score (nSPS) is 10.7. The van der Waals surface area contributed by atoms with Crippen LogP contribution in [0.1, 0.15) is 21.5 Å². The molecule has 1 amide bonds. The number of hydrogen-bond acceptors (Lipinski definition) is 3. The van der Waals surface area contributed by atoms with Crippen LogP contribution in [0.5, 0.6) is 0 Å². The van der Waals surface area contributed by atoms with Gasteiger partial charge in [-0.3, -0.25) is 10.1 Å². The first-order chi connectivity index (χ1) is 14.0. The number of nitrogens with zero attached hydrogens (tertiary/aromatic N) is 1. The van der Waals surface area contributed by atoms with Crippen LogP contribution in [-0.2, 0) is 0 Å². The van der Waals surface area contributed by atoms with Crippen LogP contribution in [0.25, 0.3) is 21.7 Å². The minimum absolute atomic E-state index is 0.229. The Bertz CT molecular complexity index is 1100. The van der Waals surface area contributed by atoms with Gasteiger partial charge in [-0.1, -0.05) is 88.7 Å². The van der Waals surface area contributed by atoms with Gasteiger partial charge >= 0.3 is 0 Å². The highest BCUT2D eigenvalue weighted by Gasteiger charge is 2.17. The zero-order chi connectivity index (χ0) is 20.4. The number of thiazole rings is 1. The van der Waals surface area contributed by atoms with Crippen LogP contribution >= 0.6 is 22.9 Å². The van der Waals surface area contributed by atoms with Crippen molar-refractivity contribution < 1.29 is 4.79 Å². The second kappa shape index (κ2) is 8.19. The highest BCUT2D eigenvalue weighted by atomic mass is 35.5. The van der Waals surface area contributed by atoms with E-state index in [9.17, 15) is 4.79 Å². The molecule has 0 aliphatic rings. The molecule has 0 fully saturated rings. The predicted octanol–water partition coefficient (Wildman–Crippen LogP) is 7.00. The first-order valence-electron chi connectivity index (χ1n) is 9.21. The number of hydrogen-bond donors (Lipinski definition) is 1. The Labute approximate surface area is 179 Å². The Hall–Kier alpha value is -2.95. The average molecular weight is 419 g/mol. The van der Waals surface area contributed by atoms with Gasteiger partial charge in [-0.25, -0.2) is 4.98 Å². The van der Waals surface area contributed by atoms with Gasteiger partial charge in [0.05, 0.1) is 10.6 Å². The Balaban J connectivity index is 1.73. The number of benzene rings is 3. The quantitative estimate of drug-likeness (QED) is 0.387. The van der Waals surface area contributed by atoms with E-state index in [0.29, 0.717) is 15.7 Å². The molecule has 0 saturated carbocycles. The van der Waals surface area contributed by atoms with Crippen molar-refractivity contribution in [2.75, 3.05) is 5.32 Å². The fourth-order valence-electron chi connectivity index (χ4n) is 2.98. The van der Waals surface area contributed by atoms with Crippen LogP contribution in [0, 0.1) is 13.8 Å². The number of anilines is 1. The molecule has 1 heterocycles. The van der Waals surface area contributed by atoms with E-state index in [1.54, 1.807) is 24.3 Å². The SMILES string of the molecule is Cc1ccc(-c2nc(NC(=O)c3cccc(Cl)c3)sc2-c2ccc(C)cc2)cc1. The molecule has 0 unspecified atom stereocenters. The van der Waals surface area contributed by atoms with Gasteiger partial charge in [0, 0.05) is 16.1 Å². The molecule has 4 aromatic rings. The van der Waals surface area contributed by atoms with Gasteiger partial charge in [-0.2, -0.15) is 0 Å². The summed E-state index contributed by atoms with van der Waals surface area (Å²) in [6, 6.07) is 23.5. The maximum absolute atomic E-state index is 12.6. The zero-order valence-electron chi connectivity index (χ0n) is 16.1. The van der Waals surface area contributed by atoms with Gasteiger partial charge in [0.1, 0.15) is 0 Å². The van der Waals surface area contributed by atoms with Crippen molar-refractivity contribution in [1.82, 2.24) is 4.98 Å². The fourth-order valence-corrected chi connectivity index (χ4v) is 4.16. The lowest BCUT2D eigenvalue weighted by Crippen LogP contribution is -2.11. The molecule has 0 saturated heterocycles. The molecule has 0 aliphatic heterocycles. The van der Waals surface area contributed by atoms with E-state index in [-0.39, 0.29) is 5.91 Å². The van der Waals surface area contributed by atoms with E-state index in [2.05, 4.69) is 67.7 Å². The molecule has 3 nitrogen and oxygen atoms in total. The largest absolute Gasteiger partial charge is 0.298 e. The molecule has 0 spiro atoms. The number of amides is 1. The monoisotopic (exact) mass is 418 g/mol. The molecule has 0 atom stereocenters. The van der Waals surface area contributed by atoms with Crippen LogP contribution in [0.2, 0.25) is 5.02 Å². The fraction of sp³-hybridized carbons (Fsp3) is 0.0833. The molecule has 144 valence electrons. The Kier molecular flexibility index (Phi) is 5.47. The number of nitrogens with one attached hydrogen (secondary N) is 1. The number of aromatic nitrogens is 1. The Morgan fingerprint density at radius 2 is 1.52 bits per heavy atom. The van der Waals surface area contributed by atoms with E-state index in [1.807, 2.05) is 0 Å². The van der Waals surface area contributed by atoms with E-state index in [0.717, 1.165) is 21.7 Å². The summed E-state index contributed by atoms with van der Waals surface area (Å²) in [5, 5.41) is 4.00. The number of carbonyl (C=O) groups excluding carboxylic acids is 1. The standard InChI is InChI=1S/C24H19ClN2OS/c1-15-6-10-17(11-7-15)21-22(18-12-8-16(2)9-13-18)29-24(26-21)27-23(28)19-4-3-5-20(25)14-19/h3-14H,1-2H3,(H,26,27,28). The maximum Gasteiger partial charge on any atom is 0.257 e. The molecule has 4 rings (SSSR count). The molecule has 0 aliphatic carbocycles. The smallest absolute Gasteiger partial charge is 0.257 e. The lowest BCUT2D eigenvalue weighted by molar-refractivity contribution is 0.102. The van der Waals surface area contributed by atoms with Gasteiger partial charge in [0.25, 0.3) is 5.91 Å². The summed E-state index contributed by atoms with van der Waals surface area (Å²) in [4.78, 5) is 18.4. The van der Waals surface area contributed by atoms with Gasteiger partial charge < -0.3 is 0 Å². The van der Waals surface area contributed by atoms with E-state index < -0.39 is 0 Å². The first kappa shape index (κ1) is 19.4. The van der Waals surface area contributed by atoms with Gasteiger partial charge in [-0.15, -0.1) is 0 Å². The third-order valence-corrected chi connectivity index (χ3v) is 5.83. The van der Waals surface area contributed by atoms with E-state index >= 15 is 0 Å². The second-order valence-electron chi connectivity index (χ2n) is 6.89. The van der Waals surface area contributed by atoms with Crippen molar-refractivity contribution in [2.45, 2.75) is 13.8 Å². The van der Waals surface area contributed by atoms with Gasteiger partial charge in [0.2, 0.25) is 0 Å². The number of carbonyl (C=O) groups is 1. The Morgan fingerprint density at radius 1 is 0.897 bits per heavy atom. The maximum atomic E-state index is 12.6. The second-order valence-corrected chi connectivity index (χ2v) is 8.33. The summed E-state index contributed by atoms with van der Waals surface area (Å²) < 4.78 is 0. The van der Waals surface area contributed by atoms with Crippen LogP contribution in [0.15, 0.2) is 72.8 Å². The van der Waals surface area contributed by atoms with Gasteiger partial charge in [-0.05, 0) is 37.6 Å². The molecular weight excluding hydrogens is 400 g/mol. The van der Waals surface area contributed by atoms with Crippen molar-refractivity contribution in [3.05, 3.63) is 94.5 Å². The van der Waals surface area contributed by atoms with Crippen molar-refractivity contribution in [2.24, 2.45) is 0 Å². The Morgan fingerprint density at radius 3 is 2.14 bits per heavy atom. The van der Waals surface area contributed by atoms with Crippen LogP contribution in [0.4, 0.5) is 5.13 Å². The lowest BCUT2D eigenvalue weighted by Gasteiger charge is -2.04. The summed E-state index contributed by atoms with van der Waals surface area (Å²) in [6.45, 7) is 4.12. The summed E-state index contributed by atoms with van der Waals surface area (Å²) in [5.41, 5.74) is 5.85. The molecular formula is C24H19ClN2OS. The zero-order valence-corrected chi connectivity index (χ0v) is 17.6. The van der Waals surface area contributed by atoms with Crippen LogP contribution in [0.3, 0.4) is 0 Å². The van der Waals surface area contributed by atoms with Gasteiger partial charge in [0.15, 0.2) is 5.13 Å². The molecule has 1 aromatic heterocycles. The number of rotatable bonds is 4. The van der Waals surface area contributed by atoms with E-state index in [1.165, 1.54) is 22.5 Å². The first-order valence-corrected chi connectivity index (χ1v) is 10.4. The highest BCUT2D eigenvalue weighted by Crippen LogP contribution is 2.39. The summed E-state index contributed by atoms with van der Waals surface area (Å²) in [5.74, 6) is -0.229. The third kappa shape index (κ3) is 4.39. The van der Waals surface area contributed by atoms with Crippen molar-refractivity contribution in [1.29, 1.82) is 0 Å². The minimum Gasteiger partial charge on any atom is -0.298 e. The van der Waals surface area contributed by atoms with E-state index in [4.69, 9.17) is 16.6 Å². The van der Waals surface area contributed by atoms with Crippen LogP contribution in [-0.4, -0.2) is 10.9 Å². The molecule has 1 N–H and O–H groups in total.